The summed E-state index contributed by atoms with van der Waals surface area (Å²) in [7, 11) is 1.44. The highest BCUT2D eigenvalue weighted by Crippen LogP contribution is 2.29. The minimum Gasteiger partial charge on any atom is -0.493 e. The summed E-state index contributed by atoms with van der Waals surface area (Å²) in [6, 6.07) is 21.5. The number of nitrogens with zero attached hydrogens (tertiary/aromatic N) is 2. The molecule has 0 saturated heterocycles. The van der Waals surface area contributed by atoms with Gasteiger partial charge in [0.1, 0.15) is 6.29 Å². The number of hydrogen-bond donors (Lipinski definition) is 0. The van der Waals surface area contributed by atoms with Gasteiger partial charge in [0.05, 0.1) is 18.5 Å². The molecule has 33 heavy (non-hydrogen) atoms. The standard InChI is InChI=1S/C26H19ClN2O4/c1-32-24-15-18(17-30)7-13-23(24)33-25(31)14-10-20-16-29(22-5-3-2-4-6-22)28-26(20)19-8-11-21(27)12-9-19/h2-17H,1H3. The Morgan fingerprint density at radius 3 is 2.45 bits per heavy atom. The van der Waals surface area contributed by atoms with Crippen LogP contribution in [0.2, 0.25) is 5.02 Å². The fourth-order valence-corrected chi connectivity index (χ4v) is 3.32. The monoisotopic (exact) mass is 458 g/mol. The first-order valence-electron chi connectivity index (χ1n) is 10.0. The summed E-state index contributed by atoms with van der Waals surface area (Å²) in [4.78, 5) is 23.4. The molecule has 0 spiro atoms. The zero-order valence-electron chi connectivity index (χ0n) is 17.6. The van der Waals surface area contributed by atoms with Crippen molar-refractivity contribution in [1.82, 2.24) is 9.78 Å². The Labute approximate surface area is 195 Å². The highest BCUT2D eigenvalue weighted by molar-refractivity contribution is 6.30. The van der Waals surface area contributed by atoms with E-state index >= 15 is 0 Å². The lowest BCUT2D eigenvalue weighted by Crippen LogP contribution is -2.05. The molecular weight excluding hydrogens is 440 g/mol. The Bertz CT molecular complexity index is 1310. The van der Waals surface area contributed by atoms with Crippen molar-refractivity contribution >= 4 is 29.9 Å². The van der Waals surface area contributed by atoms with E-state index in [0.717, 1.165) is 16.8 Å². The largest absolute Gasteiger partial charge is 0.493 e. The highest BCUT2D eigenvalue weighted by atomic mass is 35.5. The van der Waals surface area contributed by atoms with Gasteiger partial charge >= 0.3 is 5.97 Å². The van der Waals surface area contributed by atoms with Crippen molar-refractivity contribution < 1.29 is 19.1 Å². The van der Waals surface area contributed by atoms with Gasteiger partial charge in [-0.15, -0.1) is 0 Å². The molecule has 7 heteroatoms. The molecular formula is C26H19ClN2O4. The SMILES string of the molecule is COc1cc(C=O)ccc1OC(=O)C=Cc1cn(-c2ccccc2)nc1-c1ccc(Cl)cc1. The van der Waals surface area contributed by atoms with Crippen molar-refractivity contribution in [3.8, 4) is 28.4 Å². The van der Waals surface area contributed by atoms with Crippen molar-refractivity contribution in [3.05, 3.63) is 101 Å². The molecule has 4 aromatic rings. The van der Waals surface area contributed by atoms with Crippen LogP contribution in [0.5, 0.6) is 11.5 Å². The first-order valence-corrected chi connectivity index (χ1v) is 10.4. The van der Waals surface area contributed by atoms with Crippen molar-refractivity contribution in [3.63, 3.8) is 0 Å². The number of aldehydes is 1. The Hall–Kier alpha value is -4.16. The van der Waals surface area contributed by atoms with Crippen molar-refractivity contribution in [2.45, 2.75) is 0 Å². The number of carbonyl (C=O) groups excluding carboxylic acids is 2. The molecule has 1 aromatic heterocycles. The maximum Gasteiger partial charge on any atom is 0.336 e. The van der Waals surface area contributed by atoms with Crippen molar-refractivity contribution in [2.75, 3.05) is 7.11 Å². The highest BCUT2D eigenvalue weighted by Gasteiger charge is 2.13. The molecule has 0 unspecified atom stereocenters. The predicted molar refractivity (Wildman–Crippen MR) is 127 cm³/mol. The molecule has 0 aliphatic heterocycles. The number of halogens is 1. The molecule has 4 rings (SSSR count). The van der Waals surface area contributed by atoms with Crippen LogP contribution in [-0.4, -0.2) is 29.1 Å². The number of esters is 1. The van der Waals surface area contributed by atoms with Gasteiger partial charge in [0.15, 0.2) is 11.5 Å². The minimum absolute atomic E-state index is 0.218. The molecule has 0 bridgehead atoms. The van der Waals surface area contributed by atoms with Crippen LogP contribution in [0.4, 0.5) is 0 Å². The zero-order valence-corrected chi connectivity index (χ0v) is 18.4. The van der Waals surface area contributed by atoms with Gasteiger partial charge in [-0.2, -0.15) is 5.10 Å². The molecule has 0 radical (unpaired) electrons. The Kier molecular flexibility index (Phi) is 6.66. The van der Waals surface area contributed by atoms with Gasteiger partial charge in [-0.1, -0.05) is 41.9 Å². The van der Waals surface area contributed by atoms with E-state index in [1.165, 1.54) is 25.3 Å². The van der Waals surface area contributed by atoms with E-state index in [1.54, 1.807) is 29.0 Å². The molecule has 0 N–H and O–H groups in total. The van der Waals surface area contributed by atoms with Gasteiger partial charge in [0, 0.05) is 34.0 Å². The van der Waals surface area contributed by atoms with E-state index in [0.29, 0.717) is 28.3 Å². The Balaban J connectivity index is 1.63. The van der Waals surface area contributed by atoms with Crippen LogP contribution in [0.3, 0.4) is 0 Å². The maximum atomic E-state index is 12.5. The fourth-order valence-electron chi connectivity index (χ4n) is 3.20. The first-order chi connectivity index (χ1) is 16.1. The van der Waals surface area contributed by atoms with E-state index in [4.69, 9.17) is 26.2 Å². The van der Waals surface area contributed by atoms with Crippen LogP contribution >= 0.6 is 11.6 Å². The average Bonchev–Trinajstić information content (AvgIpc) is 3.28. The lowest BCUT2D eigenvalue weighted by Gasteiger charge is -2.08. The molecule has 0 aliphatic carbocycles. The topological polar surface area (TPSA) is 70.4 Å². The molecule has 0 atom stereocenters. The van der Waals surface area contributed by atoms with Crippen LogP contribution < -0.4 is 9.47 Å². The molecule has 0 aliphatic rings. The van der Waals surface area contributed by atoms with Gasteiger partial charge < -0.3 is 9.47 Å². The quantitative estimate of drug-likeness (QED) is 0.155. The second-order valence-corrected chi connectivity index (χ2v) is 7.44. The van der Waals surface area contributed by atoms with Gasteiger partial charge in [-0.05, 0) is 48.5 Å². The van der Waals surface area contributed by atoms with E-state index in [-0.39, 0.29) is 5.75 Å². The summed E-state index contributed by atoms with van der Waals surface area (Å²) < 4.78 is 12.4. The van der Waals surface area contributed by atoms with E-state index in [9.17, 15) is 9.59 Å². The average molecular weight is 459 g/mol. The molecule has 0 amide bonds. The molecule has 3 aromatic carbocycles. The van der Waals surface area contributed by atoms with E-state index in [2.05, 4.69) is 0 Å². The number of rotatable bonds is 7. The number of hydrogen-bond acceptors (Lipinski definition) is 5. The number of para-hydroxylation sites is 1. The second-order valence-electron chi connectivity index (χ2n) is 7.00. The summed E-state index contributed by atoms with van der Waals surface area (Å²) in [5.41, 5.74) is 3.57. The maximum absolute atomic E-state index is 12.5. The van der Waals surface area contributed by atoms with Crippen molar-refractivity contribution in [1.29, 1.82) is 0 Å². The minimum atomic E-state index is -0.596. The van der Waals surface area contributed by atoms with Crippen LogP contribution in [-0.2, 0) is 4.79 Å². The summed E-state index contributed by atoms with van der Waals surface area (Å²) in [6.45, 7) is 0. The Morgan fingerprint density at radius 1 is 1.00 bits per heavy atom. The predicted octanol–water partition coefficient (Wildman–Crippen LogP) is 5.63. The summed E-state index contributed by atoms with van der Waals surface area (Å²) in [6.07, 6.45) is 5.49. The van der Waals surface area contributed by atoms with Gasteiger partial charge in [-0.3, -0.25) is 4.79 Å². The molecule has 0 fully saturated rings. The third-order valence-electron chi connectivity index (χ3n) is 4.81. The third kappa shape index (κ3) is 5.19. The molecule has 6 nitrogen and oxygen atoms in total. The summed E-state index contributed by atoms with van der Waals surface area (Å²) in [5.74, 6) is -0.0857. The lowest BCUT2D eigenvalue weighted by atomic mass is 10.1. The van der Waals surface area contributed by atoms with E-state index in [1.807, 2.05) is 48.7 Å². The van der Waals surface area contributed by atoms with Gasteiger partial charge in [-0.25, -0.2) is 9.48 Å². The number of methoxy groups -OCH3 is 1. The van der Waals surface area contributed by atoms with Crippen LogP contribution in [0.25, 0.3) is 23.0 Å². The number of ether oxygens (including phenoxy) is 2. The number of carbonyl (C=O) groups is 2. The summed E-state index contributed by atoms with van der Waals surface area (Å²) in [5, 5.41) is 5.33. The van der Waals surface area contributed by atoms with Crippen LogP contribution in [0, 0.1) is 0 Å². The van der Waals surface area contributed by atoms with Gasteiger partial charge in [0.2, 0.25) is 0 Å². The zero-order chi connectivity index (χ0) is 23.2. The van der Waals surface area contributed by atoms with E-state index < -0.39 is 5.97 Å². The molecule has 164 valence electrons. The second kappa shape index (κ2) is 9.97. The van der Waals surface area contributed by atoms with Crippen LogP contribution in [0.1, 0.15) is 15.9 Å². The van der Waals surface area contributed by atoms with Crippen LogP contribution in [0.15, 0.2) is 85.1 Å². The van der Waals surface area contributed by atoms with Crippen molar-refractivity contribution in [2.24, 2.45) is 0 Å². The first kappa shape index (κ1) is 22.0. The molecule has 1 heterocycles. The molecule has 0 saturated carbocycles. The smallest absolute Gasteiger partial charge is 0.336 e. The lowest BCUT2D eigenvalue weighted by molar-refractivity contribution is -0.129. The fraction of sp³-hybridized carbons (Fsp3) is 0.0385. The van der Waals surface area contributed by atoms with Gasteiger partial charge in [0.25, 0.3) is 0 Å². The summed E-state index contributed by atoms with van der Waals surface area (Å²) >= 11 is 6.03. The third-order valence-corrected chi connectivity index (χ3v) is 5.07. The number of aromatic nitrogens is 2. The normalized spacial score (nSPS) is 10.8. The Morgan fingerprint density at radius 2 is 1.76 bits per heavy atom. The number of benzene rings is 3.